The van der Waals surface area contributed by atoms with Crippen molar-refractivity contribution in [1.29, 1.82) is 0 Å². The zero-order valence-corrected chi connectivity index (χ0v) is 6.79. The maximum Gasteiger partial charge on any atom is 0.0693 e. The van der Waals surface area contributed by atoms with Crippen molar-refractivity contribution in [3.8, 4) is 0 Å². The van der Waals surface area contributed by atoms with Crippen LogP contribution < -0.4 is 5.32 Å². The van der Waals surface area contributed by atoms with Gasteiger partial charge in [-0.25, -0.2) is 0 Å². The highest BCUT2D eigenvalue weighted by molar-refractivity contribution is 4.79. The Balaban J connectivity index is 2.18. The van der Waals surface area contributed by atoms with Gasteiger partial charge in [0.05, 0.1) is 12.7 Å². The fourth-order valence-corrected chi connectivity index (χ4v) is 1.60. The van der Waals surface area contributed by atoms with Crippen molar-refractivity contribution in [2.24, 2.45) is 0 Å². The molecule has 2 atom stereocenters. The predicted molar refractivity (Wildman–Crippen MR) is 43.4 cm³/mol. The van der Waals surface area contributed by atoms with Gasteiger partial charge in [-0.3, -0.25) is 0 Å². The summed E-state index contributed by atoms with van der Waals surface area (Å²) in [6.45, 7) is 0.755. The molecular formula is C8H17NO2. The second kappa shape index (κ2) is 4.70. The number of hydrogen-bond donors (Lipinski definition) is 3. The first-order valence-corrected chi connectivity index (χ1v) is 4.37. The molecule has 1 saturated carbocycles. The van der Waals surface area contributed by atoms with Crippen LogP contribution in [-0.4, -0.2) is 35.5 Å². The highest BCUT2D eigenvalue weighted by atomic mass is 16.3. The zero-order chi connectivity index (χ0) is 8.10. The molecule has 0 bridgehead atoms. The Hall–Kier alpha value is -0.120. The first kappa shape index (κ1) is 8.97. The molecule has 0 amide bonds. The topological polar surface area (TPSA) is 52.5 Å². The molecule has 0 spiro atoms. The second-order valence-corrected chi connectivity index (χ2v) is 3.14. The summed E-state index contributed by atoms with van der Waals surface area (Å²) in [5.74, 6) is 0. The van der Waals surface area contributed by atoms with Crippen LogP contribution in [0.1, 0.15) is 25.7 Å². The van der Waals surface area contributed by atoms with Crippen LogP contribution in [0.3, 0.4) is 0 Å². The highest BCUT2D eigenvalue weighted by Crippen LogP contribution is 2.17. The van der Waals surface area contributed by atoms with Gasteiger partial charge in [0.2, 0.25) is 0 Å². The van der Waals surface area contributed by atoms with E-state index in [4.69, 9.17) is 5.11 Å². The van der Waals surface area contributed by atoms with Gasteiger partial charge >= 0.3 is 0 Å². The van der Waals surface area contributed by atoms with Crippen LogP contribution in [-0.2, 0) is 0 Å². The van der Waals surface area contributed by atoms with E-state index in [0.29, 0.717) is 6.54 Å². The molecule has 3 heteroatoms. The molecular weight excluding hydrogens is 142 g/mol. The van der Waals surface area contributed by atoms with Crippen molar-refractivity contribution in [1.82, 2.24) is 5.32 Å². The summed E-state index contributed by atoms with van der Waals surface area (Å²) in [7, 11) is 0. The summed E-state index contributed by atoms with van der Waals surface area (Å²) >= 11 is 0. The summed E-state index contributed by atoms with van der Waals surface area (Å²) in [5, 5.41) is 21.1. The van der Waals surface area contributed by atoms with E-state index in [9.17, 15) is 5.11 Å². The molecule has 0 aromatic carbocycles. The van der Waals surface area contributed by atoms with Gasteiger partial charge in [-0.05, 0) is 12.8 Å². The molecule has 11 heavy (non-hydrogen) atoms. The quantitative estimate of drug-likeness (QED) is 0.538. The molecule has 66 valence electrons. The molecule has 3 nitrogen and oxygen atoms in total. The second-order valence-electron chi connectivity index (χ2n) is 3.14. The van der Waals surface area contributed by atoms with Gasteiger partial charge in [-0.15, -0.1) is 0 Å². The van der Waals surface area contributed by atoms with Gasteiger partial charge in [0.25, 0.3) is 0 Å². The Morgan fingerprint density at radius 3 is 2.64 bits per heavy atom. The summed E-state index contributed by atoms with van der Waals surface area (Å²) in [6.07, 6.45) is 4.08. The van der Waals surface area contributed by atoms with Crippen LogP contribution in [0.4, 0.5) is 0 Å². The third-order valence-corrected chi connectivity index (χ3v) is 2.25. The molecule has 0 aromatic rings. The number of aliphatic hydroxyl groups is 2. The molecule has 0 heterocycles. The van der Waals surface area contributed by atoms with Crippen molar-refractivity contribution in [2.75, 3.05) is 13.2 Å². The number of hydrogen-bond acceptors (Lipinski definition) is 3. The van der Waals surface area contributed by atoms with E-state index >= 15 is 0 Å². The van der Waals surface area contributed by atoms with Crippen LogP contribution in [0.2, 0.25) is 0 Å². The lowest BCUT2D eigenvalue weighted by molar-refractivity contribution is 0.0883. The van der Waals surface area contributed by atoms with Gasteiger partial charge in [0, 0.05) is 12.6 Å². The molecule has 0 radical (unpaired) electrons. The zero-order valence-electron chi connectivity index (χ0n) is 6.79. The number of rotatable bonds is 3. The minimum atomic E-state index is -0.199. The minimum absolute atomic E-state index is 0.156. The van der Waals surface area contributed by atoms with Crippen molar-refractivity contribution >= 4 is 0 Å². The third-order valence-electron chi connectivity index (χ3n) is 2.25. The van der Waals surface area contributed by atoms with Crippen molar-refractivity contribution in [2.45, 2.75) is 37.8 Å². The lowest BCUT2D eigenvalue weighted by Gasteiger charge is -2.28. The van der Waals surface area contributed by atoms with Crippen molar-refractivity contribution in [3.63, 3.8) is 0 Å². The minimum Gasteiger partial charge on any atom is -0.395 e. The highest BCUT2D eigenvalue weighted by Gasteiger charge is 2.21. The predicted octanol–water partition coefficient (Wildman–Crippen LogP) is -0.128. The third kappa shape index (κ3) is 2.77. The van der Waals surface area contributed by atoms with Crippen molar-refractivity contribution < 1.29 is 10.2 Å². The molecule has 1 fully saturated rings. The summed E-state index contributed by atoms with van der Waals surface area (Å²) in [5.41, 5.74) is 0. The normalized spacial score (nSPS) is 32.2. The SMILES string of the molecule is OCCN[C@H]1CCCC[C@@H]1O. The van der Waals surface area contributed by atoms with Crippen LogP contribution in [0.25, 0.3) is 0 Å². The van der Waals surface area contributed by atoms with Gasteiger partial charge in [0.15, 0.2) is 0 Å². The van der Waals surface area contributed by atoms with E-state index in [-0.39, 0.29) is 18.8 Å². The summed E-state index contributed by atoms with van der Waals surface area (Å²) in [6, 6.07) is 0.218. The molecule has 3 N–H and O–H groups in total. The van der Waals surface area contributed by atoms with Gasteiger partial charge in [-0.2, -0.15) is 0 Å². The maximum atomic E-state index is 9.45. The smallest absolute Gasteiger partial charge is 0.0693 e. The number of nitrogens with one attached hydrogen (secondary N) is 1. The summed E-state index contributed by atoms with van der Waals surface area (Å²) < 4.78 is 0. The fraction of sp³-hybridized carbons (Fsp3) is 1.00. The Morgan fingerprint density at radius 1 is 1.27 bits per heavy atom. The molecule has 1 rings (SSSR count). The largest absolute Gasteiger partial charge is 0.395 e. The van der Waals surface area contributed by atoms with E-state index in [1.54, 1.807) is 0 Å². The van der Waals surface area contributed by atoms with Crippen LogP contribution >= 0.6 is 0 Å². The molecule has 0 saturated heterocycles. The Kier molecular flexibility index (Phi) is 3.83. The average molecular weight is 159 g/mol. The van der Waals surface area contributed by atoms with E-state index in [1.807, 2.05) is 0 Å². The van der Waals surface area contributed by atoms with E-state index in [2.05, 4.69) is 5.32 Å². The first-order chi connectivity index (χ1) is 5.34. The standard InChI is InChI=1S/C8H17NO2/c10-6-5-9-7-3-1-2-4-8(7)11/h7-11H,1-6H2/t7-,8-/m0/s1. The van der Waals surface area contributed by atoms with E-state index in [1.165, 1.54) is 6.42 Å². The Labute approximate surface area is 67.4 Å². The van der Waals surface area contributed by atoms with E-state index in [0.717, 1.165) is 19.3 Å². The molecule has 0 aromatic heterocycles. The number of aliphatic hydroxyl groups excluding tert-OH is 2. The first-order valence-electron chi connectivity index (χ1n) is 4.37. The van der Waals surface area contributed by atoms with Gasteiger partial charge in [-0.1, -0.05) is 12.8 Å². The van der Waals surface area contributed by atoms with Crippen LogP contribution in [0.15, 0.2) is 0 Å². The monoisotopic (exact) mass is 159 g/mol. The van der Waals surface area contributed by atoms with E-state index < -0.39 is 0 Å². The molecule has 0 aliphatic heterocycles. The molecule has 0 unspecified atom stereocenters. The molecule has 1 aliphatic rings. The maximum absolute atomic E-state index is 9.45. The van der Waals surface area contributed by atoms with Crippen LogP contribution in [0, 0.1) is 0 Å². The van der Waals surface area contributed by atoms with Crippen molar-refractivity contribution in [3.05, 3.63) is 0 Å². The fourth-order valence-electron chi connectivity index (χ4n) is 1.60. The Morgan fingerprint density at radius 2 is 2.00 bits per heavy atom. The van der Waals surface area contributed by atoms with Gasteiger partial charge in [0.1, 0.15) is 0 Å². The average Bonchev–Trinajstić information content (AvgIpc) is 2.03. The summed E-state index contributed by atoms with van der Waals surface area (Å²) in [4.78, 5) is 0. The van der Waals surface area contributed by atoms with Crippen LogP contribution in [0.5, 0.6) is 0 Å². The lowest BCUT2D eigenvalue weighted by Crippen LogP contribution is -2.43. The lowest BCUT2D eigenvalue weighted by atomic mass is 9.93. The molecule has 1 aliphatic carbocycles. The Bertz CT molecular complexity index is 108. The van der Waals surface area contributed by atoms with Gasteiger partial charge < -0.3 is 15.5 Å².